The monoisotopic (exact) mass is 236 g/mol. The summed E-state index contributed by atoms with van der Waals surface area (Å²) >= 11 is 0. The third-order valence-electron chi connectivity index (χ3n) is 2.66. The zero-order chi connectivity index (χ0) is 13.0. The number of aromatic nitrogens is 1. The lowest BCUT2D eigenvalue weighted by Crippen LogP contribution is -2.40. The summed E-state index contributed by atoms with van der Waals surface area (Å²) in [6, 6.07) is 2.84. The summed E-state index contributed by atoms with van der Waals surface area (Å²) in [5.74, 6) is -1.83. The van der Waals surface area contributed by atoms with Gasteiger partial charge in [-0.05, 0) is 32.9 Å². The number of carboxylic acids is 1. The summed E-state index contributed by atoms with van der Waals surface area (Å²) in [5, 5.41) is 11.5. The van der Waals surface area contributed by atoms with Crippen molar-refractivity contribution in [2.45, 2.75) is 26.8 Å². The van der Waals surface area contributed by atoms with Crippen LogP contribution in [0.5, 0.6) is 0 Å². The lowest BCUT2D eigenvalue weighted by Gasteiger charge is -2.17. The Kier molecular flexibility index (Phi) is 4.20. The average Bonchev–Trinajstić information content (AvgIpc) is 2.27. The maximum Gasteiger partial charge on any atom is 0.308 e. The molecule has 92 valence electrons. The quantitative estimate of drug-likeness (QED) is 0.824. The zero-order valence-corrected chi connectivity index (χ0v) is 10.1. The first kappa shape index (κ1) is 13.2. The molecule has 1 amide bonds. The number of aliphatic carboxylic acids is 1. The van der Waals surface area contributed by atoms with E-state index in [1.165, 1.54) is 0 Å². The molecule has 5 heteroatoms. The first-order valence-corrected chi connectivity index (χ1v) is 5.38. The largest absolute Gasteiger partial charge is 0.481 e. The Hall–Kier alpha value is -1.91. The van der Waals surface area contributed by atoms with Crippen LogP contribution in [-0.2, 0) is 4.79 Å². The first-order valence-electron chi connectivity index (χ1n) is 5.38. The van der Waals surface area contributed by atoms with Crippen molar-refractivity contribution in [1.82, 2.24) is 10.3 Å². The molecule has 0 saturated carbocycles. The SMILES string of the molecule is Cc1cc(C(=O)NC(C)C(C)C(=O)O)ccn1. The molecule has 1 rings (SSSR count). The molecule has 1 heterocycles. The number of hydrogen-bond acceptors (Lipinski definition) is 3. The second-order valence-electron chi connectivity index (χ2n) is 4.07. The van der Waals surface area contributed by atoms with Crippen molar-refractivity contribution in [3.8, 4) is 0 Å². The van der Waals surface area contributed by atoms with E-state index in [-0.39, 0.29) is 5.91 Å². The van der Waals surface area contributed by atoms with Gasteiger partial charge >= 0.3 is 5.97 Å². The molecular weight excluding hydrogens is 220 g/mol. The minimum Gasteiger partial charge on any atom is -0.481 e. The zero-order valence-electron chi connectivity index (χ0n) is 10.1. The highest BCUT2D eigenvalue weighted by atomic mass is 16.4. The van der Waals surface area contributed by atoms with Crippen molar-refractivity contribution >= 4 is 11.9 Å². The van der Waals surface area contributed by atoms with E-state index in [0.29, 0.717) is 5.56 Å². The molecule has 0 spiro atoms. The molecule has 0 aromatic carbocycles. The van der Waals surface area contributed by atoms with E-state index in [1.54, 1.807) is 39.1 Å². The van der Waals surface area contributed by atoms with E-state index in [4.69, 9.17) is 5.11 Å². The van der Waals surface area contributed by atoms with Crippen molar-refractivity contribution in [3.63, 3.8) is 0 Å². The molecule has 0 aliphatic carbocycles. The molecule has 5 nitrogen and oxygen atoms in total. The Morgan fingerprint density at radius 2 is 2.06 bits per heavy atom. The molecule has 1 aromatic rings. The molecule has 0 fully saturated rings. The van der Waals surface area contributed by atoms with Gasteiger partial charge in [-0.3, -0.25) is 14.6 Å². The van der Waals surface area contributed by atoms with Gasteiger partial charge in [0.1, 0.15) is 0 Å². The number of rotatable bonds is 4. The summed E-state index contributed by atoms with van der Waals surface area (Å²) < 4.78 is 0. The normalized spacial score (nSPS) is 13.8. The first-order chi connectivity index (χ1) is 7.91. The Morgan fingerprint density at radius 1 is 1.41 bits per heavy atom. The predicted octanol–water partition coefficient (Wildman–Crippen LogP) is 1.23. The summed E-state index contributed by atoms with van der Waals surface area (Å²) in [6.07, 6.45) is 1.55. The molecule has 2 N–H and O–H groups in total. The van der Waals surface area contributed by atoms with Crippen LogP contribution >= 0.6 is 0 Å². The maximum absolute atomic E-state index is 11.8. The fraction of sp³-hybridized carbons (Fsp3) is 0.417. The number of carbonyl (C=O) groups is 2. The van der Waals surface area contributed by atoms with Crippen LogP contribution < -0.4 is 5.32 Å². The molecule has 0 radical (unpaired) electrons. The molecule has 2 unspecified atom stereocenters. The van der Waals surface area contributed by atoms with Gasteiger partial charge in [0.2, 0.25) is 0 Å². The van der Waals surface area contributed by atoms with E-state index < -0.39 is 17.9 Å². The Labute approximate surface area is 99.9 Å². The van der Waals surface area contributed by atoms with Crippen LogP contribution in [-0.4, -0.2) is 28.0 Å². The second kappa shape index (κ2) is 5.43. The van der Waals surface area contributed by atoms with Gasteiger partial charge in [-0.1, -0.05) is 0 Å². The Morgan fingerprint density at radius 3 is 2.59 bits per heavy atom. The van der Waals surface area contributed by atoms with E-state index in [9.17, 15) is 9.59 Å². The summed E-state index contributed by atoms with van der Waals surface area (Å²) in [5.41, 5.74) is 1.23. The average molecular weight is 236 g/mol. The third kappa shape index (κ3) is 3.55. The van der Waals surface area contributed by atoms with Gasteiger partial charge in [0, 0.05) is 23.5 Å². The fourth-order valence-electron chi connectivity index (χ4n) is 1.32. The van der Waals surface area contributed by atoms with Crippen molar-refractivity contribution in [1.29, 1.82) is 0 Å². The van der Waals surface area contributed by atoms with Crippen LogP contribution in [0.4, 0.5) is 0 Å². The molecule has 0 saturated heterocycles. The molecular formula is C12H16N2O3. The number of carboxylic acid groups (broad SMARTS) is 1. The second-order valence-corrected chi connectivity index (χ2v) is 4.07. The summed E-state index contributed by atoms with van der Waals surface area (Å²) in [7, 11) is 0. The maximum atomic E-state index is 11.8. The van der Waals surface area contributed by atoms with Crippen LogP contribution in [0.15, 0.2) is 18.3 Å². The lowest BCUT2D eigenvalue weighted by atomic mass is 10.0. The van der Waals surface area contributed by atoms with Crippen LogP contribution in [0.1, 0.15) is 29.9 Å². The molecule has 0 bridgehead atoms. The van der Waals surface area contributed by atoms with Crippen LogP contribution in [0.2, 0.25) is 0 Å². The van der Waals surface area contributed by atoms with Crippen LogP contribution in [0.25, 0.3) is 0 Å². The number of carbonyl (C=O) groups excluding carboxylic acids is 1. The third-order valence-corrected chi connectivity index (χ3v) is 2.66. The van der Waals surface area contributed by atoms with Gasteiger partial charge in [-0.25, -0.2) is 0 Å². The van der Waals surface area contributed by atoms with Crippen LogP contribution in [0, 0.1) is 12.8 Å². The summed E-state index contributed by atoms with van der Waals surface area (Å²) in [6.45, 7) is 5.02. The highest BCUT2D eigenvalue weighted by molar-refractivity contribution is 5.94. The van der Waals surface area contributed by atoms with Crippen molar-refractivity contribution in [3.05, 3.63) is 29.6 Å². The highest BCUT2D eigenvalue weighted by Gasteiger charge is 2.21. The number of hydrogen-bond donors (Lipinski definition) is 2. The molecule has 1 aromatic heterocycles. The summed E-state index contributed by atoms with van der Waals surface area (Å²) in [4.78, 5) is 26.5. The highest BCUT2D eigenvalue weighted by Crippen LogP contribution is 2.05. The van der Waals surface area contributed by atoms with Crippen molar-refractivity contribution in [2.75, 3.05) is 0 Å². The van der Waals surface area contributed by atoms with Gasteiger partial charge in [0.25, 0.3) is 5.91 Å². The standard InChI is InChI=1S/C12H16N2O3/c1-7-6-10(4-5-13-7)11(15)14-9(3)8(2)12(16)17/h4-6,8-9H,1-3H3,(H,14,15)(H,16,17). The predicted molar refractivity (Wildman–Crippen MR) is 62.7 cm³/mol. The number of amides is 1. The van der Waals surface area contributed by atoms with Gasteiger partial charge in [-0.15, -0.1) is 0 Å². The van der Waals surface area contributed by atoms with Crippen molar-refractivity contribution in [2.24, 2.45) is 5.92 Å². The van der Waals surface area contributed by atoms with E-state index >= 15 is 0 Å². The Bertz CT molecular complexity index is 432. The molecule has 2 atom stereocenters. The smallest absolute Gasteiger partial charge is 0.308 e. The van der Waals surface area contributed by atoms with Gasteiger partial charge in [-0.2, -0.15) is 0 Å². The van der Waals surface area contributed by atoms with E-state index in [0.717, 1.165) is 5.69 Å². The fourth-order valence-corrected chi connectivity index (χ4v) is 1.32. The number of pyridine rings is 1. The van der Waals surface area contributed by atoms with E-state index in [1.807, 2.05) is 0 Å². The van der Waals surface area contributed by atoms with Crippen molar-refractivity contribution < 1.29 is 14.7 Å². The van der Waals surface area contributed by atoms with E-state index in [2.05, 4.69) is 10.3 Å². The van der Waals surface area contributed by atoms with Gasteiger partial charge < -0.3 is 10.4 Å². The number of aryl methyl sites for hydroxylation is 1. The van der Waals surface area contributed by atoms with Crippen LogP contribution in [0.3, 0.4) is 0 Å². The lowest BCUT2D eigenvalue weighted by molar-refractivity contribution is -0.141. The topological polar surface area (TPSA) is 79.3 Å². The number of nitrogens with one attached hydrogen (secondary N) is 1. The van der Waals surface area contributed by atoms with Gasteiger partial charge in [0.05, 0.1) is 5.92 Å². The van der Waals surface area contributed by atoms with Gasteiger partial charge in [0.15, 0.2) is 0 Å². The minimum atomic E-state index is -0.927. The molecule has 0 aliphatic rings. The molecule has 17 heavy (non-hydrogen) atoms. The Balaban J connectivity index is 2.70. The minimum absolute atomic E-state index is 0.281. The molecule has 0 aliphatic heterocycles. The number of nitrogens with zero attached hydrogens (tertiary/aromatic N) is 1.